The summed E-state index contributed by atoms with van der Waals surface area (Å²) in [5, 5.41) is 0.193. The molecule has 3 aromatic rings. The average molecular weight is 517 g/mol. The highest BCUT2D eigenvalue weighted by atomic mass is 35.5. The largest absolute Gasteiger partial charge is 0.308 e. The van der Waals surface area contributed by atoms with Gasteiger partial charge in [0.2, 0.25) is 15.9 Å². The Morgan fingerprint density at radius 3 is 2.09 bits per heavy atom. The van der Waals surface area contributed by atoms with Gasteiger partial charge < -0.3 is 4.90 Å². The van der Waals surface area contributed by atoms with E-state index in [0.29, 0.717) is 19.4 Å². The minimum absolute atomic E-state index is 0.000491. The first kappa shape index (κ1) is 24.7. The van der Waals surface area contributed by atoms with E-state index in [0.717, 1.165) is 16.8 Å². The van der Waals surface area contributed by atoms with Crippen LogP contribution in [-0.2, 0) is 21.4 Å². The number of halogens is 2. The molecule has 5 nitrogen and oxygen atoms in total. The number of carbonyl (C=O) groups is 1. The number of nitrogens with zero attached hydrogens (tertiary/aromatic N) is 2. The Bertz CT molecular complexity index is 1240. The number of anilines is 1. The molecular formula is C26H26Cl2N2O3S. The van der Waals surface area contributed by atoms with E-state index in [9.17, 15) is 13.2 Å². The van der Waals surface area contributed by atoms with E-state index in [1.54, 1.807) is 11.0 Å². The predicted molar refractivity (Wildman–Crippen MR) is 137 cm³/mol. The van der Waals surface area contributed by atoms with Crippen LogP contribution in [0.5, 0.6) is 0 Å². The zero-order chi connectivity index (χ0) is 24.3. The Labute approximate surface area is 211 Å². The number of hydrogen-bond donors (Lipinski definition) is 0. The SMILES string of the molecule is Cc1ccc(N(Cc2ccccc2)C(=O)C2CCN(S(=O)(=O)c3c(Cl)cccc3Cl)CC2)cc1. The third-order valence-electron chi connectivity index (χ3n) is 6.12. The quantitative estimate of drug-likeness (QED) is 0.407. The maximum absolute atomic E-state index is 13.6. The molecule has 3 aromatic carbocycles. The third-order valence-corrected chi connectivity index (χ3v) is 8.97. The van der Waals surface area contributed by atoms with Gasteiger partial charge in [0.25, 0.3) is 0 Å². The van der Waals surface area contributed by atoms with E-state index in [2.05, 4.69) is 0 Å². The molecule has 1 amide bonds. The summed E-state index contributed by atoms with van der Waals surface area (Å²) < 4.78 is 27.8. The predicted octanol–water partition coefficient (Wildman–Crippen LogP) is 5.94. The first-order valence-corrected chi connectivity index (χ1v) is 13.3. The second-order valence-corrected chi connectivity index (χ2v) is 11.2. The molecule has 4 rings (SSSR count). The van der Waals surface area contributed by atoms with E-state index in [4.69, 9.17) is 23.2 Å². The van der Waals surface area contributed by atoms with Gasteiger partial charge in [-0.05, 0) is 49.6 Å². The van der Waals surface area contributed by atoms with Crippen molar-refractivity contribution >= 4 is 44.8 Å². The van der Waals surface area contributed by atoms with Crippen LogP contribution in [0.25, 0.3) is 0 Å². The van der Waals surface area contributed by atoms with Gasteiger partial charge in [-0.3, -0.25) is 4.79 Å². The zero-order valence-corrected chi connectivity index (χ0v) is 21.2. The molecule has 1 aliphatic rings. The molecule has 0 aliphatic carbocycles. The number of piperidine rings is 1. The van der Waals surface area contributed by atoms with Crippen molar-refractivity contribution in [3.8, 4) is 0 Å². The van der Waals surface area contributed by atoms with E-state index < -0.39 is 10.0 Å². The fraction of sp³-hybridized carbons (Fsp3) is 0.269. The molecule has 0 bridgehead atoms. The van der Waals surface area contributed by atoms with Gasteiger partial charge in [-0.25, -0.2) is 8.42 Å². The Morgan fingerprint density at radius 1 is 0.912 bits per heavy atom. The topological polar surface area (TPSA) is 57.7 Å². The number of aryl methyl sites for hydroxylation is 1. The Balaban J connectivity index is 1.52. The van der Waals surface area contributed by atoms with Crippen LogP contribution >= 0.6 is 23.2 Å². The normalized spacial score (nSPS) is 15.3. The molecule has 0 spiro atoms. The Hall–Kier alpha value is -2.38. The Kier molecular flexibility index (Phi) is 7.63. The second-order valence-electron chi connectivity index (χ2n) is 8.47. The highest BCUT2D eigenvalue weighted by molar-refractivity contribution is 7.89. The van der Waals surface area contributed by atoms with E-state index in [1.807, 2.05) is 61.5 Å². The maximum Gasteiger partial charge on any atom is 0.246 e. The van der Waals surface area contributed by atoms with Crippen molar-refractivity contribution in [1.82, 2.24) is 4.31 Å². The lowest BCUT2D eigenvalue weighted by Crippen LogP contribution is -2.44. The smallest absolute Gasteiger partial charge is 0.246 e. The summed E-state index contributed by atoms with van der Waals surface area (Å²) in [5.41, 5.74) is 2.98. The van der Waals surface area contributed by atoms with Crippen LogP contribution in [0, 0.1) is 12.8 Å². The van der Waals surface area contributed by atoms with Gasteiger partial charge in [-0.15, -0.1) is 0 Å². The molecule has 0 saturated carbocycles. The molecule has 178 valence electrons. The van der Waals surface area contributed by atoms with Crippen molar-refractivity contribution in [1.29, 1.82) is 0 Å². The summed E-state index contributed by atoms with van der Waals surface area (Å²) in [6, 6.07) is 22.4. The molecule has 8 heteroatoms. The minimum atomic E-state index is -3.85. The number of benzene rings is 3. The highest BCUT2D eigenvalue weighted by Gasteiger charge is 2.36. The van der Waals surface area contributed by atoms with Crippen LogP contribution in [0.3, 0.4) is 0 Å². The van der Waals surface area contributed by atoms with Crippen LogP contribution in [0.2, 0.25) is 10.0 Å². The fourth-order valence-corrected chi connectivity index (χ4v) is 6.77. The van der Waals surface area contributed by atoms with Gasteiger partial charge in [0, 0.05) is 24.7 Å². The van der Waals surface area contributed by atoms with Gasteiger partial charge in [-0.2, -0.15) is 4.31 Å². The van der Waals surface area contributed by atoms with Crippen molar-refractivity contribution in [2.24, 2.45) is 5.92 Å². The molecule has 1 aliphatic heterocycles. The molecule has 0 N–H and O–H groups in total. The van der Waals surface area contributed by atoms with Crippen LogP contribution in [-0.4, -0.2) is 31.7 Å². The number of amides is 1. The monoisotopic (exact) mass is 516 g/mol. The molecule has 0 radical (unpaired) electrons. The lowest BCUT2D eigenvalue weighted by Gasteiger charge is -2.34. The maximum atomic E-state index is 13.6. The molecule has 0 aromatic heterocycles. The van der Waals surface area contributed by atoms with Gasteiger partial charge in [-0.1, -0.05) is 77.3 Å². The van der Waals surface area contributed by atoms with Crippen molar-refractivity contribution in [2.75, 3.05) is 18.0 Å². The van der Waals surface area contributed by atoms with Crippen molar-refractivity contribution in [2.45, 2.75) is 31.2 Å². The van der Waals surface area contributed by atoms with Crippen molar-refractivity contribution in [3.63, 3.8) is 0 Å². The average Bonchev–Trinajstić information content (AvgIpc) is 2.83. The zero-order valence-electron chi connectivity index (χ0n) is 18.8. The molecule has 34 heavy (non-hydrogen) atoms. The number of sulfonamides is 1. The molecule has 1 fully saturated rings. The molecule has 0 unspecified atom stereocenters. The van der Waals surface area contributed by atoms with Crippen molar-refractivity contribution < 1.29 is 13.2 Å². The summed E-state index contributed by atoms with van der Waals surface area (Å²) >= 11 is 12.3. The van der Waals surface area contributed by atoms with Gasteiger partial charge >= 0.3 is 0 Å². The standard InChI is InChI=1S/C26H26Cl2N2O3S/c1-19-10-12-22(13-11-19)30(18-20-6-3-2-4-7-20)26(31)21-14-16-29(17-15-21)34(32,33)25-23(27)8-5-9-24(25)28/h2-13,21H,14-18H2,1H3. The summed E-state index contributed by atoms with van der Waals surface area (Å²) in [6.07, 6.45) is 0.856. The summed E-state index contributed by atoms with van der Waals surface area (Å²) in [6.45, 7) is 2.92. The number of carbonyl (C=O) groups excluding carboxylic acids is 1. The first-order chi connectivity index (χ1) is 16.3. The van der Waals surface area contributed by atoms with Crippen LogP contribution in [0.4, 0.5) is 5.69 Å². The summed E-state index contributed by atoms with van der Waals surface area (Å²) in [7, 11) is -3.85. The van der Waals surface area contributed by atoms with Crippen LogP contribution < -0.4 is 4.90 Å². The molecule has 1 heterocycles. The molecular weight excluding hydrogens is 491 g/mol. The summed E-state index contributed by atoms with van der Waals surface area (Å²) in [5.74, 6) is -0.279. The van der Waals surface area contributed by atoms with Gasteiger partial charge in [0.1, 0.15) is 4.90 Å². The first-order valence-electron chi connectivity index (χ1n) is 11.1. The fourth-order valence-electron chi connectivity index (χ4n) is 4.21. The van der Waals surface area contributed by atoms with E-state index >= 15 is 0 Å². The number of rotatable bonds is 6. The third kappa shape index (κ3) is 5.31. The summed E-state index contributed by atoms with van der Waals surface area (Å²) in [4.78, 5) is 15.4. The highest BCUT2D eigenvalue weighted by Crippen LogP contribution is 2.34. The Morgan fingerprint density at radius 2 is 1.50 bits per heavy atom. The lowest BCUT2D eigenvalue weighted by atomic mass is 9.96. The molecule has 0 atom stereocenters. The van der Waals surface area contributed by atoms with Gasteiger partial charge in [0.15, 0.2) is 0 Å². The van der Waals surface area contributed by atoms with Crippen molar-refractivity contribution in [3.05, 3.63) is 94.0 Å². The minimum Gasteiger partial charge on any atom is -0.308 e. The molecule has 1 saturated heterocycles. The van der Waals surface area contributed by atoms with E-state index in [-0.39, 0.29) is 39.9 Å². The van der Waals surface area contributed by atoms with Gasteiger partial charge in [0.05, 0.1) is 16.6 Å². The van der Waals surface area contributed by atoms with E-state index in [1.165, 1.54) is 16.4 Å². The van der Waals surface area contributed by atoms with Crippen LogP contribution in [0.1, 0.15) is 24.0 Å². The lowest BCUT2D eigenvalue weighted by molar-refractivity contribution is -0.123. The second kappa shape index (κ2) is 10.5. The van der Waals surface area contributed by atoms with Crippen LogP contribution in [0.15, 0.2) is 77.7 Å². The number of hydrogen-bond acceptors (Lipinski definition) is 3.